The van der Waals surface area contributed by atoms with Crippen LogP contribution in [0.5, 0.6) is 0 Å². The molecule has 0 fully saturated rings. The van der Waals surface area contributed by atoms with Crippen molar-refractivity contribution in [3.05, 3.63) is 34.6 Å². The van der Waals surface area contributed by atoms with E-state index in [-0.39, 0.29) is 0 Å². The molecule has 84 valence electrons. The summed E-state index contributed by atoms with van der Waals surface area (Å²) in [5, 5.41) is 1.46. The Bertz CT molecular complexity index is 495. The molecule has 1 aromatic carbocycles. The number of hydrogen-bond donors (Lipinski definition) is 0. The fourth-order valence-electron chi connectivity index (χ4n) is 0.890. The average Bonchev–Trinajstić information content (AvgIpc) is 2.24. The lowest BCUT2D eigenvalue weighted by molar-refractivity contribution is 0.0992. The highest BCUT2D eigenvalue weighted by Crippen LogP contribution is 2.23. The fraction of sp³-hybridized carbons (Fsp3) is 0. The number of amides is 1. The van der Waals surface area contributed by atoms with Gasteiger partial charge in [0, 0.05) is 0 Å². The highest BCUT2D eigenvalue weighted by molar-refractivity contribution is 7.78. The second-order valence-corrected chi connectivity index (χ2v) is 2.64. The van der Waals surface area contributed by atoms with Gasteiger partial charge in [-0.05, 0) is 12.2 Å². The molecule has 0 unspecified atom stereocenters. The molecule has 0 atom stereocenters. The summed E-state index contributed by atoms with van der Waals surface area (Å²) < 4.78 is 63.6. The first-order chi connectivity index (χ1) is 7.41. The van der Waals surface area contributed by atoms with Crippen LogP contribution in [-0.2, 0) is 0 Å². The average molecular weight is 253 g/mol. The van der Waals surface area contributed by atoms with Crippen LogP contribution in [-0.4, -0.2) is 11.1 Å². The Balaban J connectivity index is 3.64. The van der Waals surface area contributed by atoms with Gasteiger partial charge in [0.15, 0.2) is 23.3 Å². The molecule has 1 aromatic rings. The summed E-state index contributed by atoms with van der Waals surface area (Å²) >= 11 is 3.96. The molecule has 0 aliphatic heterocycles. The smallest absolute Gasteiger partial charge is 0.266 e. The van der Waals surface area contributed by atoms with Crippen molar-refractivity contribution in [2.45, 2.75) is 0 Å². The maximum atomic E-state index is 12.9. The number of carbonyl (C=O) groups is 1. The van der Waals surface area contributed by atoms with Gasteiger partial charge in [0.2, 0.25) is 5.82 Å². The fourth-order valence-corrected chi connectivity index (χ4v) is 0.973. The summed E-state index contributed by atoms with van der Waals surface area (Å²) in [6.07, 6.45) is 0. The summed E-state index contributed by atoms with van der Waals surface area (Å²) in [6.45, 7) is 0. The third kappa shape index (κ3) is 1.84. The number of thiocarbonyl (C=S) groups is 1. The van der Waals surface area contributed by atoms with Gasteiger partial charge in [0.1, 0.15) is 5.56 Å². The number of halogens is 5. The second kappa shape index (κ2) is 4.46. The number of benzene rings is 1. The quantitative estimate of drug-likeness (QED) is 0.253. The van der Waals surface area contributed by atoms with Crippen molar-refractivity contribution in [2.75, 3.05) is 0 Å². The molecule has 2 nitrogen and oxygen atoms in total. The van der Waals surface area contributed by atoms with Gasteiger partial charge in [-0.3, -0.25) is 4.79 Å². The van der Waals surface area contributed by atoms with E-state index < -0.39 is 40.6 Å². The number of nitrogens with zero attached hydrogens (tertiary/aromatic N) is 1. The Hall–Kier alpha value is -1.66. The van der Waals surface area contributed by atoms with Crippen LogP contribution in [0.1, 0.15) is 10.4 Å². The number of isothiocyanates is 1. The molecule has 0 bridgehead atoms. The zero-order valence-electron chi connectivity index (χ0n) is 7.15. The van der Waals surface area contributed by atoms with Crippen LogP contribution in [0, 0.1) is 29.1 Å². The highest BCUT2D eigenvalue weighted by Gasteiger charge is 2.29. The molecule has 0 aromatic heterocycles. The molecule has 0 spiro atoms. The molecule has 0 heterocycles. The molecule has 16 heavy (non-hydrogen) atoms. The van der Waals surface area contributed by atoms with Crippen molar-refractivity contribution >= 4 is 23.3 Å². The summed E-state index contributed by atoms with van der Waals surface area (Å²) in [5.41, 5.74) is -1.66. The third-order valence-electron chi connectivity index (χ3n) is 1.57. The molecule has 8 heteroatoms. The predicted octanol–water partition coefficient (Wildman–Crippen LogP) is 2.63. The topological polar surface area (TPSA) is 29.4 Å². The molecule has 0 saturated heterocycles. The van der Waals surface area contributed by atoms with E-state index in [0.29, 0.717) is 0 Å². The molecular weight excluding hydrogens is 253 g/mol. The van der Waals surface area contributed by atoms with Gasteiger partial charge in [-0.2, -0.15) is 4.99 Å². The van der Waals surface area contributed by atoms with Crippen molar-refractivity contribution in [1.82, 2.24) is 0 Å². The van der Waals surface area contributed by atoms with Crippen molar-refractivity contribution in [3.63, 3.8) is 0 Å². The highest BCUT2D eigenvalue weighted by atomic mass is 32.1. The van der Waals surface area contributed by atoms with Crippen molar-refractivity contribution in [2.24, 2.45) is 4.99 Å². The number of carbonyl (C=O) groups excluding carboxylic acids is 1. The van der Waals surface area contributed by atoms with Crippen molar-refractivity contribution in [1.29, 1.82) is 0 Å². The molecule has 1 rings (SSSR count). The van der Waals surface area contributed by atoms with Gasteiger partial charge >= 0.3 is 0 Å². The largest absolute Gasteiger partial charge is 0.292 e. The first kappa shape index (κ1) is 12.4. The maximum absolute atomic E-state index is 12.9. The lowest BCUT2D eigenvalue weighted by Gasteiger charge is -2.03. The Morgan fingerprint density at radius 1 is 0.938 bits per heavy atom. The number of rotatable bonds is 1. The van der Waals surface area contributed by atoms with Gasteiger partial charge in [0.25, 0.3) is 5.91 Å². The molecule has 0 saturated carbocycles. The molecule has 1 amide bonds. The Morgan fingerprint density at radius 2 is 1.31 bits per heavy atom. The van der Waals surface area contributed by atoms with E-state index in [4.69, 9.17) is 0 Å². The summed E-state index contributed by atoms with van der Waals surface area (Å²) in [4.78, 5) is 13.5. The molecular formula is C8F5NOS. The number of aliphatic imine (C=N–C) groups is 1. The minimum Gasteiger partial charge on any atom is -0.266 e. The van der Waals surface area contributed by atoms with E-state index in [1.165, 1.54) is 5.16 Å². The third-order valence-corrected chi connectivity index (χ3v) is 1.66. The van der Waals surface area contributed by atoms with E-state index in [9.17, 15) is 26.7 Å². The SMILES string of the molecule is O=C(N=C=S)c1c(F)c(F)c(F)c(F)c1F. The van der Waals surface area contributed by atoms with Crippen LogP contribution >= 0.6 is 12.2 Å². The molecule has 0 aliphatic rings. The van der Waals surface area contributed by atoms with Crippen molar-refractivity contribution in [3.8, 4) is 0 Å². The second-order valence-electron chi connectivity index (χ2n) is 2.45. The van der Waals surface area contributed by atoms with Crippen LogP contribution in [0.25, 0.3) is 0 Å². The molecule has 0 aliphatic carbocycles. The van der Waals surface area contributed by atoms with Gasteiger partial charge in [0.05, 0.1) is 5.16 Å². The maximum Gasteiger partial charge on any atom is 0.292 e. The van der Waals surface area contributed by atoms with E-state index in [1.54, 1.807) is 0 Å². The van der Waals surface area contributed by atoms with Crippen LogP contribution in [0.3, 0.4) is 0 Å². The molecule has 0 radical (unpaired) electrons. The van der Waals surface area contributed by atoms with Crippen molar-refractivity contribution < 1.29 is 26.7 Å². The Morgan fingerprint density at radius 3 is 1.69 bits per heavy atom. The lowest BCUT2D eigenvalue weighted by atomic mass is 10.1. The van der Waals surface area contributed by atoms with Gasteiger partial charge in [-0.25, -0.2) is 22.0 Å². The van der Waals surface area contributed by atoms with Crippen LogP contribution in [0.4, 0.5) is 22.0 Å². The normalized spacial score (nSPS) is 9.81. The summed E-state index contributed by atoms with van der Waals surface area (Å²) in [7, 11) is 0. The summed E-state index contributed by atoms with van der Waals surface area (Å²) in [6, 6.07) is 0. The van der Waals surface area contributed by atoms with Crippen LogP contribution in [0.2, 0.25) is 0 Å². The van der Waals surface area contributed by atoms with E-state index in [1.807, 2.05) is 0 Å². The first-order valence-electron chi connectivity index (χ1n) is 3.55. The van der Waals surface area contributed by atoms with E-state index >= 15 is 0 Å². The van der Waals surface area contributed by atoms with Crippen LogP contribution in [0.15, 0.2) is 4.99 Å². The van der Waals surface area contributed by atoms with Gasteiger partial charge in [-0.15, -0.1) is 0 Å². The predicted molar refractivity (Wildman–Crippen MR) is 45.6 cm³/mol. The van der Waals surface area contributed by atoms with Crippen LogP contribution < -0.4 is 0 Å². The lowest BCUT2D eigenvalue weighted by Crippen LogP contribution is -2.11. The first-order valence-corrected chi connectivity index (χ1v) is 3.96. The van der Waals surface area contributed by atoms with E-state index in [0.717, 1.165) is 0 Å². The Kier molecular flexibility index (Phi) is 3.46. The van der Waals surface area contributed by atoms with Gasteiger partial charge < -0.3 is 0 Å². The van der Waals surface area contributed by atoms with Gasteiger partial charge in [-0.1, -0.05) is 0 Å². The number of hydrogen-bond acceptors (Lipinski definition) is 2. The zero-order chi connectivity index (χ0) is 12.5. The minimum absolute atomic E-state index is 1.46. The standard InChI is InChI=1S/C8F5NOS/c9-3-2(8(15)14-1-16)4(10)6(12)7(13)5(3)11. The molecule has 0 N–H and O–H groups in total. The minimum atomic E-state index is -2.35. The monoisotopic (exact) mass is 253 g/mol. The zero-order valence-corrected chi connectivity index (χ0v) is 7.97. The Labute approximate surface area is 90.4 Å². The summed E-state index contributed by atoms with van der Waals surface area (Å²) in [5.74, 6) is -13.0. The van der Waals surface area contributed by atoms with E-state index in [2.05, 4.69) is 17.2 Å².